The Balaban J connectivity index is 1.97. The zero-order valence-corrected chi connectivity index (χ0v) is 13.9. The summed E-state index contributed by atoms with van der Waals surface area (Å²) in [6, 6.07) is 17.1. The fourth-order valence-electron chi connectivity index (χ4n) is 2.59. The van der Waals surface area contributed by atoms with Gasteiger partial charge in [-0.05, 0) is 24.3 Å². The van der Waals surface area contributed by atoms with Crippen molar-refractivity contribution in [1.82, 2.24) is 4.57 Å². The summed E-state index contributed by atoms with van der Waals surface area (Å²) >= 11 is 0. The SMILES string of the molecule is Bc1ccc(C(=O)Nc2ccn(-c3cccc(C#N)c3)c2C(=O)O)cc1. The maximum absolute atomic E-state index is 12.4. The third-order valence-electron chi connectivity index (χ3n) is 3.90. The topological polar surface area (TPSA) is 95.1 Å². The van der Waals surface area contributed by atoms with E-state index >= 15 is 0 Å². The number of aromatic nitrogens is 1. The number of rotatable bonds is 4. The number of nitrogens with one attached hydrogen (secondary N) is 1. The highest BCUT2D eigenvalue weighted by Gasteiger charge is 2.19. The lowest BCUT2D eigenvalue weighted by Crippen LogP contribution is -2.16. The highest BCUT2D eigenvalue weighted by Crippen LogP contribution is 2.23. The molecule has 0 saturated heterocycles. The number of hydrogen-bond acceptors (Lipinski definition) is 3. The molecule has 0 atom stereocenters. The molecule has 2 N–H and O–H groups in total. The number of anilines is 1. The van der Waals surface area contributed by atoms with Gasteiger partial charge >= 0.3 is 5.97 Å². The van der Waals surface area contributed by atoms with Crippen LogP contribution < -0.4 is 10.8 Å². The summed E-state index contributed by atoms with van der Waals surface area (Å²) in [6.07, 6.45) is 1.55. The number of benzene rings is 2. The van der Waals surface area contributed by atoms with Crippen molar-refractivity contribution in [2.75, 3.05) is 5.32 Å². The van der Waals surface area contributed by atoms with E-state index in [-0.39, 0.29) is 11.4 Å². The second-order valence-electron chi connectivity index (χ2n) is 5.74. The van der Waals surface area contributed by atoms with Crippen molar-refractivity contribution >= 4 is 30.9 Å². The van der Waals surface area contributed by atoms with Crippen molar-refractivity contribution in [2.45, 2.75) is 0 Å². The number of hydrogen-bond donors (Lipinski definition) is 2. The van der Waals surface area contributed by atoms with E-state index < -0.39 is 11.9 Å². The van der Waals surface area contributed by atoms with Crippen LogP contribution in [0.15, 0.2) is 60.8 Å². The van der Waals surface area contributed by atoms with E-state index in [1.165, 1.54) is 10.6 Å². The van der Waals surface area contributed by atoms with Gasteiger partial charge in [0.05, 0.1) is 17.3 Å². The molecule has 1 amide bonds. The molecule has 126 valence electrons. The van der Waals surface area contributed by atoms with Gasteiger partial charge in [0.1, 0.15) is 7.85 Å². The molecule has 26 heavy (non-hydrogen) atoms. The van der Waals surface area contributed by atoms with Crippen molar-refractivity contribution in [1.29, 1.82) is 5.26 Å². The van der Waals surface area contributed by atoms with E-state index in [0.29, 0.717) is 16.8 Å². The van der Waals surface area contributed by atoms with Gasteiger partial charge in [0.2, 0.25) is 0 Å². The molecular weight excluding hydrogens is 329 g/mol. The van der Waals surface area contributed by atoms with Crippen LogP contribution in [0, 0.1) is 11.3 Å². The zero-order valence-electron chi connectivity index (χ0n) is 13.9. The Hall–Kier alpha value is -3.79. The van der Waals surface area contributed by atoms with E-state index in [9.17, 15) is 14.7 Å². The van der Waals surface area contributed by atoms with E-state index in [1.54, 1.807) is 42.6 Å². The third-order valence-corrected chi connectivity index (χ3v) is 3.90. The molecule has 0 saturated carbocycles. The van der Waals surface area contributed by atoms with Gasteiger partial charge in [-0.25, -0.2) is 4.79 Å². The number of carboxylic acids is 1. The van der Waals surface area contributed by atoms with Gasteiger partial charge in [-0.2, -0.15) is 5.26 Å². The highest BCUT2D eigenvalue weighted by atomic mass is 16.4. The van der Waals surface area contributed by atoms with E-state index in [1.807, 2.05) is 26.0 Å². The molecule has 6 nitrogen and oxygen atoms in total. The average Bonchev–Trinajstić information content (AvgIpc) is 3.06. The lowest BCUT2D eigenvalue weighted by atomic mass is 9.95. The fourth-order valence-corrected chi connectivity index (χ4v) is 2.59. The maximum atomic E-state index is 12.4. The van der Waals surface area contributed by atoms with Crippen molar-refractivity contribution in [3.8, 4) is 11.8 Å². The van der Waals surface area contributed by atoms with Crippen LogP contribution in [-0.4, -0.2) is 29.4 Å². The van der Waals surface area contributed by atoms with Gasteiger partial charge in [-0.15, -0.1) is 0 Å². The molecule has 3 aromatic rings. The summed E-state index contributed by atoms with van der Waals surface area (Å²) in [4.78, 5) is 24.1. The minimum atomic E-state index is -1.18. The van der Waals surface area contributed by atoms with Crippen molar-refractivity contribution in [3.05, 3.63) is 77.6 Å². The Morgan fingerprint density at radius 3 is 2.50 bits per heavy atom. The number of carbonyl (C=O) groups is 2. The monoisotopic (exact) mass is 343 g/mol. The standard InChI is InChI=1S/C19H14BN3O3/c20-14-6-4-13(5-7-14)18(24)22-16-8-9-23(17(16)19(25)26)15-3-1-2-12(10-15)11-21/h1-10H,20H2,(H,22,24)(H,25,26). The van der Waals surface area contributed by atoms with Crippen LogP contribution >= 0.6 is 0 Å². The summed E-state index contributed by atoms with van der Waals surface area (Å²) in [5, 5.41) is 21.3. The summed E-state index contributed by atoms with van der Waals surface area (Å²) in [6.45, 7) is 0. The molecular formula is C19H14BN3O3. The van der Waals surface area contributed by atoms with E-state index in [2.05, 4.69) is 5.32 Å². The van der Waals surface area contributed by atoms with Gasteiger partial charge in [-0.1, -0.05) is 35.8 Å². The summed E-state index contributed by atoms with van der Waals surface area (Å²) < 4.78 is 1.42. The molecule has 1 heterocycles. The van der Waals surface area contributed by atoms with Crippen LogP contribution in [0.1, 0.15) is 26.4 Å². The van der Waals surface area contributed by atoms with Gasteiger partial charge in [0.25, 0.3) is 5.91 Å². The normalized spacial score (nSPS) is 10.1. The number of aromatic carboxylic acids is 1. The molecule has 0 unspecified atom stereocenters. The van der Waals surface area contributed by atoms with Crippen molar-refractivity contribution in [3.63, 3.8) is 0 Å². The Labute approximate surface area is 150 Å². The molecule has 0 radical (unpaired) electrons. The quantitative estimate of drug-likeness (QED) is 0.703. The predicted octanol–water partition coefficient (Wildman–Crippen LogP) is 1.56. The largest absolute Gasteiger partial charge is 0.476 e. The van der Waals surface area contributed by atoms with Crippen LogP contribution in [0.4, 0.5) is 5.69 Å². The number of carboxylic acid groups (broad SMARTS) is 1. The lowest BCUT2D eigenvalue weighted by molar-refractivity contribution is 0.0689. The Bertz CT molecular complexity index is 1030. The van der Waals surface area contributed by atoms with Gasteiger partial charge in [0, 0.05) is 17.4 Å². The fraction of sp³-hybridized carbons (Fsp3) is 0. The first kappa shape index (κ1) is 17.1. The minimum Gasteiger partial charge on any atom is -0.476 e. The molecule has 1 aromatic heterocycles. The van der Waals surface area contributed by atoms with Crippen molar-refractivity contribution in [2.24, 2.45) is 0 Å². The zero-order chi connectivity index (χ0) is 18.7. The molecule has 3 rings (SSSR count). The van der Waals surface area contributed by atoms with Crippen molar-refractivity contribution < 1.29 is 14.7 Å². The highest BCUT2D eigenvalue weighted by molar-refractivity contribution is 6.32. The number of carbonyl (C=O) groups excluding carboxylic acids is 1. The van der Waals surface area contributed by atoms with Crippen LogP contribution in [0.5, 0.6) is 0 Å². The molecule has 7 heteroatoms. The Morgan fingerprint density at radius 2 is 1.85 bits per heavy atom. The van der Waals surface area contributed by atoms with Gasteiger partial charge in [0.15, 0.2) is 5.69 Å². The van der Waals surface area contributed by atoms with Crippen LogP contribution in [0.2, 0.25) is 0 Å². The molecule has 0 aliphatic carbocycles. The molecule has 0 bridgehead atoms. The second kappa shape index (κ2) is 6.99. The molecule has 0 fully saturated rings. The summed E-state index contributed by atoms with van der Waals surface area (Å²) in [5.41, 5.74) is 2.50. The first-order chi connectivity index (χ1) is 12.5. The summed E-state index contributed by atoms with van der Waals surface area (Å²) in [5.74, 6) is -1.58. The number of nitriles is 1. The Kier molecular flexibility index (Phi) is 4.58. The molecule has 2 aromatic carbocycles. The van der Waals surface area contributed by atoms with E-state index in [0.717, 1.165) is 5.46 Å². The summed E-state index contributed by atoms with van der Waals surface area (Å²) in [7, 11) is 1.92. The molecule has 0 aliphatic rings. The lowest BCUT2D eigenvalue weighted by Gasteiger charge is -2.09. The van der Waals surface area contributed by atoms with E-state index in [4.69, 9.17) is 5.26 Å². The maximum Gasteiger partial charge on any atom is 0.355 e. The number of amides is 1. The minimum absolute atomic E-state index is 0.0828. The first-order valence-corrected chi connectivity index (χ1v) is 7.83. The van der Waals surface area contributed by atoms with Gasteiger partial charge < -0.3 is 15.0 Å². The van der Waals surface area contributed by atoms with Gasteiger partial charge in [-0.3, -0.25) is 4.79 Å². The third kappa shape index (κ3) is 3.35. The number of nitrogens with zero attached hydrogens (tertiary/aromatic N) is 2. The first-order valence-electron chi connectivity index (χ1n) is 7.83. The smallest absolute Gasteiger partial charge is 0.355 e. The van der Waals surface area contributed by atoms with Crippen LogP contribution in [0.3, 0.4) is 0 Å². The predicted molar refractivity (Wildman–Crippen MR) is 100 cm³/mol. The van der Waals surface area contributed by atoms with Crippen LogP contribution in [-0.2, 0) is 0 Å². The van der Waals surface area contributed by atoms with Crippen LogP contribution in [0.25, 0.3) is 5.69 Å². The Morgan fingerprint density at radius 1 is 1.12 bits per heavy atom. The molecule has 0 spiro atoms. The second-order valence-corrected chi connectivity index (χ2v) is 5.74. The average molecular weight is 343 g/mol. The molecule has 0 aliphatic heterocycles.